The van der Waals surface area contributed by atoms with Crippen molar-refractivity contribution in [3.8, 4) is 0 Å². The fraction of sp³-hybridized carbons (Fsp3) is 0.643. The molecule has 0 bridgehead atoms. The molecule has 1 fully saturated rings. The number of nitrogens with zero attached hydrogens (tertiary/aromatic N) is 1. The molecule has 100 valence electrons. The van der Waals surface area contributed by atoms with Crippen molar-refractivity contribution in [2.75, 3.05) is 19.6 Å². The van der Waals surface area contributed by atoms with E-state index in [4.69, 9.17) is 4.42 Å². The number of aryl methyl sites for hydroxylation is 2. The summed E-state index contributed by atoms with van der Waals surface area (Å²) in [6.45, 7) is 8.21. The Hall–Kier alpha value is -1.29. The molecule has 2 heterocycles. The quantitative estimate of drug-likeness (QED) is 0.890. The van der Waals surface area contributed by atoms with Gasteiger partial charge in [0.25, 0.3) is 0 Å². The van der Waals surface area contributed by atoms with Gasteiger partial charge in [0.05, 0.1) is 6.54 Å². The van der Waals surface area contributed by atoms with Crippen molar-refractivity contribution in [1.82, 2.24) is 10.2 Å². The predicted octanol–water partition coefficient (Wildman–Crippen LogP) is 2.17. The molecule has 0 aromatic carbocycles. The van der Waals surface area contributed by atoms with Crippen LogP contribution in [-0.4, -0.2) is 30.4 Å². The van der Waals surface area contributed by atoms with Gasteiger partial charge in [-0.05, 0) is 39.7 Å². The second kappa shape index (κ2) is 5.57. The molecule has 4 nitrogen and oxygen atoms in total. The minimum atomic E-state index is 0.147. The summed E-state index contributed by atoms with van der Waals surface area (Å²) in [6.07, 6.45) is 2.28. The van der Waals surface area contributed by atoms with Crippen LogP contribution >= 0.6 is 0 Å². The first kappa shape index (κ1) is 13.1. The van der Waals surface area contributed by atoms with Crippen LogP contribution in [-0.2, 0) is 4.79 Å². The van der Waals surface area contributed by atoms with Crippen LogP contribution in [0.3, 0.4) is 0 Å². The summed E-state index contributed by atoms with van der Waals surface area (Å²) < 4.78 is 5.51. The van der Waals surface area contributed by atoms with E-state index in [1.54, 1.807) is 0 Å². The van der Waals surface area contributed by atoms with Crippen LogP contribution in [0.15, 0.2) is 10.5 Å². The number of furan rings is 1. The minimum absolute atomic E-state index is 0.147. The van der Waals surface area contributed by atoms with Crippen LogP contribution in [0, 0.1) is 13.8 Å². The van der Waals surface area contributed by atoms with Gasteiger partial charge in [-0.25, -0.2) is 0 Å². The topological polar surface area (TPSA) is 45.5 Å². The summed E-state index contributed by atoms with van der Waals surface area (Å²) >= 11 is 0. The Balaban J connectivity index is 1.86. The zero-order valence-corrected chi connectivity index (χ0v) is 11.5. The first-order valence-electron chi connectivity index (χ1n) is 6.66. The molecule has 4 heteroatoms. The van der Waals surface area contributed by atoms with Gasteiger partial charge in [0.15, 0.2) is 0 Å². The molecule has 1 aromatic rings. The van der Waals surface area contributed by atoms with Crippen LogP contribution in [0.2, 0.25) is 0 Å². The standard InChI is InChI=1S/C14H22N2O2/c1-10-8-13(12(3)18-10)11(2)15-9-14(17)16-6-4-5-7-16/h8,11,15H,4-7,9H2,1-3H3. The molecule has 2 rings (SSSR count). The van der Waals surface area contributed by atoms with Crippen LogP contribution < -0.4 is 5.32 Å². The maximum atomic E-state index is 11.9. The van der Waals surface area contributed by atoms with E-state index in [1.165, 1.54) is 0 Å². The van der Waals surface area contributed by atoms with Crippen LogP contribution in [0.4, 0.5) is 0 Å². The second-order valence-electron chi connectivity index (χ2n) is 5.06. The van der Waals surface area contributed by atoms with Gasteiger partial charge in [-0.15, -0.1) is 0 Å². The molecule has 1 N–H and O–H groups in total. The van der Waals surface area contributed by atoms with Crippen LogP contribution in [0.1, 0.15) is 42.9 Å². The number of carbonyl (C=O) groups is 1. The van der Waals surface area contributed by atoms with Gasteiger partial charge >= 0.3 is 0 Å². The summed E-state index contributed by atoms with van der Waals surface area (Å²) in [7, 11) is 0. The van der Waals surface area contributed by atoms with Crippen molar-refractivity contribution in [3.63, 3.8) is 0 Å². The van der Waals surface area contributed by atoms with Crippen molar-refractivity contribution in [1.29, 1.82) is 0 Å². The summed E-state index contributed by atoms with van der Waals surface area (Å²) in [4.78, 5) is 13.8. The van der Waals surface area contributed by atoms with Gasteiger partial charge in [-0.2, -0.15) is 0 Å². The molecular formula is C14H22N2O2. The van der Waals surface area contributed by atoms with E-state index < -0.39 is 0 Å². The summed E-state index contributed by atoms with van der Waals surface area (Å²) in [6, 6.07) is 2.18. The highest BCUT2D eigenvalue weighted by molar-refractivity contribution is 5.78. The van der Waals surface area contributed by atoms with Crippen molar-refractivity contribution >= 4 is 5.91 Å². The van der Waals surface area contributed by atoms with E-state index >= 15 is 0 Å². The van der Waals surface area contributed by atoms with Crippen LogP contribution in [0.5, 0.6) is 0 Å². The SMILES string of the molecule is Cc1cc(C(C)NCC(=O)N2CCCC2)c(C)o1. The Labute approximate surface area is 108 Å². The third-order valence-corrected chi connectivity index (χ3v) is 3.56. The normalized spacial score (nSPS) is 17.2. The van der Waals surface area contributed by atoms with E-state index in [2.05, 4.69) is 12.2 Å². The summed E-state index contributed by atoms with van der Waals surface area (Å²) in [5, 5.41) is 3.28. The third kappa shape index (κ3) is 2.93. The van der Waals surface area contributed by atoms with Crippen molar-refractivity contribution in [3.05, 3.63) is 23.2 Å². The lowest BCUT2D eigenvalue weighted by Crippen LogP contribution is -2.37. The average Bonchev–Trinajstić information content (AvgIpc) is 2.95. The van der Waals surface area contributed by atoms with E-state index in [0.29, 0.717) is 6.54 Å². The lowest BCUT2D eigenvalue weighted by Gasteiger charge is -2.18. The molecule has 1 atom stereocenters. The van der Waals surface area contributed by atoms with Gasteiger partial charge < -0.3 is 14.6 Å². The third-order valence-electron chi connectivity index (χ3n) is 3.56. The number of hydrogen-bond donors (Lipinski definition) is 1. The molecule has 1 aliphatic heterocycles. The molecule has 1 aliphatic rings. The smallest absolute Gasteiger partial charge is 0.236 e. The molecule has 1 unspecified atom stereocenters. The van der Waals surface area contributed by atoms with Gasteiger partial charge in [-0.3, -0.25) is 4.79 Å². The Morgan fingerprint density at radius 1 is 1.44 bits per heavy atom. The fourth-order valence-electron chi connectivity index (χ4n) is 2.51. The van der Waals surface area contributed by atoms with Gasteiger partial charge in [0.2, 0.25) is 5.91 Å². The largest absolute Gasteiger partial charge is 0.466 e. The van der Waals surface area contributed by atoms with Gasteiger partial charge in [0.1, 0.15) is 11.5 Å². The highest BCUT2D eigenvalue weighted by atomic mass is 16.3. The van der Waals surface area contributed by atoms with E-state index in [0.717, 1.165) is 43.0 Å². The number of hydrogen-bond acceptors (Lipinski definition) is 3. The van der Waals surface area contributed by atoms with Crippen molar-refractivity contribution in [2.45, 2.75) is 39.7 Å². The Morgan fingerprint density at radius 3 is 2.67 bits per heavy atom. The number of carbonyl (C=O) groups excluding carboxylic acids is 1. The van der Waals surface area contributed by atoms with E-state index in [-0.39, 0.29) is 11.9 Å². The lowest BCUT2D eigenvalue weighted by atomic mass is 10.1. The van der Waals surface area contributed by atoms with Gasteiger partial charge in [0, 0.05) is 24.7 Å². The van der Waals surface area contributed by atoms with E-state index in [1.807, 2.05) is 24.8 Å². The second-order valence-corrected chi connectivity index (χ2v) is 5.06. The molecule has 1 amide bonds. The molecule has 1 aromatic heterocycles. The molecule has 0 aliphatic carbocycles. The Morgan fingerprint density at radius 2 is 2.11 bits per heavy atom. The zero-order chi connectivity index (χ0) is 13.1. The first-order valence-corrected chi connectivity index (χ1v) is 6.66. The number of amides is 1. The molecule has 18 heavy (non-hydrogen) atoms. The highest BCUT2D eigenvalue weighted by Crippen LogP contribution is 2.21. The Bertz CT molecular complexity index is 419. The van der Waals surface area contributed by atoms with Gasteiger partial charge in [-0.1, -0.05) is 0 Å². The Kier molecular flexibility index (Phi) is 4.07. The first-order chi connectivity index (χ1) is 8.58. The molecule has 1 saturated heterocycles. The summed E-state index contributed by atoms with van der Waals surface area (Å²) in [5.41, 5.74) is 1.14. The van der Waals surface area contributed by atoms with Crippen LogP contribution in [0.25, 0.3) is 0 Å². The monoisotopic (exact) mass is 250 g/mol. The average molecular weight is 250 g/mol. The van der Waals surface area contributed by atoms with Crippen molar-refractivity contribution in [2.24, 2.45) is 0 Å². The fourth-order valence-corrected chi connectivity index (χ4v) is 2.51. The minimum Gasteiger partial charge on any atom is -0.466 e. The number of nitrogens with one attached hydrogen (secondary N) is 1. The molecule has 0 radical (unpaired) electrons. The predicted molar refractivity (Wildman–Crippen MR) is 70.4 cm³/mol. The summed E-state index contributed by atoms with van der Waals surface area (Å²) in [5.74, 6) is 2.06. The lowest BCUT2D eigenvalue weighted by molar-refractivity contribution is -0.129. The maximum Gasteiger partial charge on any atom is 0.236 e. The highest BCUT2D eigenvalue weighted by Gasteiger charge is 2.19. The molecule has 0 saturated carbocycles. The zero-order valence-electron chi connectivity index (χ0n) is 11.5. The number of likely N-dealkylation sites (tertiary alicyclic amines) is 1. The number of rotatable bonds is 4. The van der Waals surface area contributed by atoms with E-state index in [9.17, 15) is 4.79 Å². The van der Waals surface area contributed by atoms with Crippen molar-refractivity contribution < 1.29 is 9.21 Å². The molecule has 0 spiro atoms. The molecular weight excluding hydrogens is 228 g/mol. The maximum absolute atomic E-state index is 11.9.